The van der Waals surface area contributed by atoms with Gasteiger partial charge in [0.1, 0.15) is 0 Å². The second-order valence-electron chi connectivity index (χ2n) is 9.44. The molecule has 0 fully saturated rings. The third kappa shape index (κ3) is 5.97. The van der Waals surface area contributed by atoms with Gasteiger partial charge in [-0.3, -0.25) is 0 Å². The second kappa shape index (κ2) is 10.8. The zero-order valence-corrected chi connectivity index (χ0v) is 20.8. The summed E-state index contributed by atoms with van der Waals surface area (Å²) in [6, 6.07) is 16.2. The molecule has 0 N–H and O–H groups in total. The average molecular weight is 403 g/mol. The molecule has 30 heavy (non-hydrogen) atoms. The molecule has 0 aliphatic rings. The van der Waals surface area contributed by atoms with Gasteiger partial charge in [0.05, 0.1) is 0 Å². The zero-order valence-electron chi connectivity index (χ0n) is 20.8. The fraction of sp³-hybridized carbons (Fsp3) is 0.467. The minimum atomic E-state index is 0.689. The second-order valence-corrected chi connectivity index (χ2v) is 9.44. The molecule has 0 amide bonds. The first kappa shape index (κ1) is 24.2. The molecule has 2 aromatic rings. The number of benzene rings is 2. The highest BCUT2D eigenvalue weighted by molar-refractivity contribution is 5.97. The van der Waals surface area contributed by atoms with Gasteiger partial charge >= 0.3 is 0 Å². The Morgan fingerprint density at radius 2 is 1.37 bits per heavy atom. The van der Waals surface area contributed by atoms with Gasteiger partial charge in [0, 0.05) is 0 Å². The molecule has 2 rings (SSSR count). The van der Waals surface area contributed by atoms with E-state index in [2.05, 4.69) is 105 Å². The molecule has 1 atom stereocenters. The van der Waals surface area contributed by atoms with Gasteiger partial charge < -0.3 is 0 Å². The highest BCUT2D eigenvalue weighted by Crippen LogP contribution is 2.36. The first-order valence-electron chi connectivity index (χ1n) is 11.8. The molecule has 0 bridgehead atoms. The van der Waals surface area contributed by atoms with Crippen LogP contribution in [-0.2, 0) is 12.8 Å². The summed E-state index contributed by atoms with van der Waals surface area (Å²) in [4.78, 5) is 0. The van der Waals surface area contributed by atoms with Crippen LogP contribution in [0.3, 0.4) is 0 Å². The van der Waals surface area contributed by atoms with Gasteiger partial charge in [-0.2, -0.15) is 0 Å². The maximum absolute atomic E-state index is 2.40. The maximum atomic E-state index is 2.40. The van der Waals surface area contributed by atoms with Gasteiger partial charge in [-0.05, 0) is 97.8 Å². The molecule has 0 saturated heterocycles. The van der Waals surface area contributed by atoms with Crippen LogP contribution in [0, 0.1) is 18.8 Å². The van der Waals surface area contributed by atoms with Crippen LogP contribution in [0.25, 0.3) is 11.1 Å². The number of aryl methyl sites for hydroxylation is 3. The van der Waals surface area contributed by atoms with Crippen LogP contribution in [0.15, 0.2) is 53.6 Å². The fourth-order valence-electron chi connectivity index (χ4n) is 4.15. The molecule has 1 unspecified atom stereocenters. The maximum Gasteiger partial charge on any atom is -0.0120 e. The van der Waals surface area contributed by atoms with Crippen molar-refractivity contribution in [1.82, 2.24) is 0 Å². The Balaban J connectivity index is 2.69. The van der Waals surface area contributed by atoms with Crippen molar-refractivity contribution in [2.75, 3.05) is 0 Å². The van der Waals surface area contributed by atoms with Gasteiger partial charge in [0.15, 0.2) is 0 Å². The van der Waals surface area contributed by atoms with Crippen molar-refractivity contribution >= 4 is 11.1 Å². The largest absolute Gasteiger partial charge is 0.0695 e. The summed E-state index contributed by atoms with van der Waals surface area (Å²) in [5.74, 6) is 1.39. The Kier molecular flexibility index (Phi) is 8.71. The summed E-state index contributed by atoms with van der Waals surface area (Å²) >= 11 is 0. The van der Waals surface area contributed by atoms with Gasteiger partial charge in [0.25, 0.3) is 0 Å². The van der Waals surface area contributed by atoms with E-state index in [1.807, 2.05) is 0 Å². The van der Waals surface area contributed by atoms with Crippen molar-refractivity contribution in [1.29, 1.82) is 0 Å². The number of rotatable bonds is 8. The van der Waals surface area contributed by atoms with Gasteiger partial charge in [0.2, 0.25) is 0 Å². The zero-order chi connectivity index (χ0) is 22.4. The summed E-state index contributed by atoms with van der Waals surface area (Å²) in [7, 11) is 0. The molecule has 162 valence electrons. The number of hydrogen-bond donors (Lipinski definition) is 0. The summed E-state index contributed by atoms with van der Waals surface area (Å²) in [5, 5.41) is 0. The highest BCUT2D eigenvalue weighted by Gasteiger charge is 2.16. The lowest BCUT2D eigenvalue weighted by molar-refractivity contribution is 0.415. The molecule has 0 saturated carbocycles. The van der Waals surface area contributed by atoms with E-state index in [-0.39, 0.29) is 0 Å². The van der Waals surface area contributed by atoms with Crippen molar-refractivity contribution in [3.8, 4) is 0 Å². The molecule has 0 aromatic heterocycles. The average Bonchev–Trinajstić information content (AvgIpc) is 2.73. The quantitative estimate of drug-likeness (QED) is 0.305. The van der Waals surface area contributed by atoms with Crippen LogP contribution in [0.4, 0.5) is 0 Å². The van der Waals surface area contributed by atoms with Crippen LogP contribution in [0.2, 0.25) is 0 Å². The van der Waals surface area contributed by atoms with E-state index in [1.54, 1.807) is 0 Å². The van der Waals surface area contributed by atoms with Crippen LogP contribution in [0.1, 0.15) is 89.6 Å². The monoisotopic (exact) mass is 402 g/mol. The smallest absolute Gasteiger partial charge is 0.0120 e. The molecular formula is C30H42. The molecule has 0 spiro atoms. The third-order valence-corrected chi connectivity index (χ3v) is 6.79. The Hall–Kier alpha value is -2.08. The minimum Gasteiger partial charge on any atom is -0.0695 e. The summed E-state index contributed by atoms with van der Waals surface area (Å²) in [5.41, 5.74) is 12.6. The first-order valence-corrected chi connectivity index (χ1v) is 11.8. The van der Waals surface area contributed by atoms with Gasteiger partial charge in [-0.25, -0.2) is 0 Å². The predicted octanol–water partition coefficient (Wildman–Crippen LogP) is 9.07. The Bertz CT molecular complexity index is 904. The predicted molar refractivity (Wildman–Crippen MR) is 136 cm³/mol. The van der Waals surface area contributed by atoms with Crippen LogP contribution >= 0.6 is 0 Å². The molecule has 0 heterocycles. The Morgan fingerprint density at radius 1 is 0.767 bits per heavy atom. The standard InChI is InChI=1S/C30H42/c1-10-26-12-14-28(15-13-26)25(9)30(24(8)23(7)18-22(6)20(3)4)29-17-21(5)16-27(11-2)19-29/h12-17,19-20,22H,10-11,18H2,1-9H3/b24-23-,30-25-. The van der Waals surface area contributed by atoms with Gasteiger partial charge in [-0.15, -0.1) is 0 Å². The van der Waals surface area contributed by atoms with Crippen LogP contribution in [0.5, 0.6) is 0 Å². The van der Waals surface area contributed by atoms with Crippen molar-refractivity contribution in [2.45, 2.75) is 81.6 Å². The molecule has 0 nitrogen and oxygen atoms in total. The lowest BCUT2D eigenvalue weighted by Crippen LogP contribution is -2.06. The van der Waals surface area contributed by atoms with E-state index in [1.165, 1.54) is 50.1 Å². The van der Waals surface area contributed by atoms with E-state index in [9.17, 15) is 0 Å². The van der Waals surface area contributed by atoms with E-state index in [0.717, 1.165) is 19.3 Å². The molecule has 0 heteroatoms. The van der Waals surface area contributed by atoms with Crippen molar-refractivity contribution < 1.29 is 0 Å². The normalized spacial score (nSPS) is 14.5. The lowest BCUT2D eigenvalue weighted by Gasteiger charge is -2.21. The Morgan fingerprint density at radius 3 is 1.90 bits per heavy atom. The summed E-state index contributed by atoms with van der Waals surface area (Å²) < 4.78 is 0. The fourth-order valence-corrected chi connectivity index (χ4v) is 4.15. The SMILES string of the molecule is CCc1ccc(/C(C)=C(/C(C)=C(/C)CC(C)C(C)C)c2cc(C)cc(CC)c2)cc1. The molecule has 0 radical (unpaired) electrons. The van der Waals surface area contributed by atoms with E-state index < -0.39 is 0 Å². The molecular weight excluding hydrogens is 360 g/mol. The number of allylic oxidation sites excluding steroid dienone is 4. The first-order chi connectivity index (χ1) is 14.2. The lowest BCUT2D eigenvalue weighted by atomic mass is 9.84. The molecule has 0 aliphatic carbocycles. The minimum absolute atomic E-state index is 0.689. The highest BCUT2D eigenvalue weighted by atomic mass is 14.2. The van der Waals surface area contributed by atoms with Gasteiger partial charge in [-0.1, -0.05) is 88.2 Å². The third-order valence-electron chi connectivity index (χ3n) is 6.79. The Labute approximate surface area is 186 Å². The van der Waals surface area contributed by atoms with Crippen molar-refractivity contribution in [2.24, 2.45) is 11.8 Å². The topological polar surface area (TPSA) is 0 Å². The molecule has 2 aromatic carbocycles. The van der Waals surface area contributed by atoms with Crippen LogP contribution < -0.4 is 0 Å². The van der Waals surface area contributed by atoms with E-state index in [4.69, 9.17) is 0 Å². The molecule has 0 aliphatic heterocycles. The van der Waals surface area contributed by atoms with E-state index in [0.29, 0.717) is 11.8 Å². The van der Waals surface area contributed by atoms with E-state index >= 15 is 0 Å². The van der Waals surface area contributed by atoms with Crippen molar-refractivity contribution in [3.05, 3.63) is 81.4 Å². The summed E-state index contributed by atoms with van der Waals surface area (Å²) in [6.07, 6.45) is 3.30. The summed E-state index contributed by atoms with van der Waals surface area (Å²) in [6.45, 7) is 20.7. The number of hydrogen-bond acceptors (Lipinski definition) is 0. The van der Waals surface area contributed by atoms with Crippen molar-refractivity contribution in [3.63, 3.8) is 0 Å². The van der Waals surface area contributed by atoms with Crippen LogP contribution in [-0.4, -0.2) is 0 Å².